The van der Waals surface area contributed by atoms with E-state index in [1.807, 2.05) is 36.4 Å². The zero-order chi connectivity index (χ0) is 13.0. The lowest BCUT2D eigenvalue weighted by Crippen LogP contribution is -1.91. The van der Waals surface area contributed by atoms with E-state index < -0.39 is 0 Å². The van der Waals surface area contributed by atoms with E-state index in [0.29, 0.717) is 5.56 Å². The molecule has 0 saturated heterocycles. The van der Waals surface area contributed by atoms with Gasteiger partial charge < -0.3 is 5.73 Å². The zero-order valence-electron chi connectivity index (χ0n) is 10.1. The Balaban J connectivity index is 2.44. The maximum absolute atomic E-state index is 9.25. The Morgan fingerprint density at radius 3 is 2.05 bits per heavy atom. The molecule has 0 aliphatic carbocycles. The molecule has 0 aliphatic rings. The van der Waals surface area contributed by atoms with Crippen molar-refractivity contribution in [1.82, 2.24) is 0 Å². The fourth-order valence-electron chi connectivity index (χ4n) is 2.92. The summed E-state index contributed by atoms with van der Waals surface area (Å²) in [6.45, 7) is 0. The molecule has 0 fully saturated rings. The lowest BCUT2D eigenvalue weighted by Gasteiger charge is -2.12. The molecule has 0 bridgehead atoms. The van der Waals surface area contributed by atoms with Crippen molar-refractivity contribution in [3.05, 3.63) is 54.1 Å². The van der Waals surface area contributed by atoms with Crippen LogP contribution in [0, 0.1) is 11.3 Å². The largest absolute Gasteiger partial charge is 0.398 e. The number of nitrogens with two attached hydrogens (primary N) is 1. The van der Waals surface area contributed by atoms with Gasteiger partial charge in [0.2, 0.25) is 0 Å². The Morgan fingerprint density at radius 1 is 0.737 bits per heavy atom. The molecule has 2 nitrogen and oxygen atoms in total. The molecule has 0 heterocycles. The van der Waals surface area contributed by atoms with Crippen LogP contribution in [0.3, 0.4) is 0 Å². The van der Waals surface area contributed by atoms with Gasteiger partial charge in [-0.15, -0.1) is 0 Å². The van der Waals surface area contributed by atoms with Crippen LogP contribution < -0.4 is 5.73 Å². The standard InChI is InChI=1S/C17H10N2/c18-9-12-4-3-10-1-2-11-5-8-15(19)14-7-6-13(12)16(10)17(11)14/h1-8H,19H2. The third-order valence-electron chi connectivity index (χ3n) is 3.82. The van der Waals surface area contributed by atoms with Crippen LogP contribution in [0.1, 0.15) is 5.56 Å². The number of rotatable bonds is 0. The monoisotopic (exact) mass is 242 g/mol. The van der Waals surface area contributed by atoms with Gasteiger partial charge in [-0.3, -0.25) is 0 Å². The summed E-state index contributed by atoms with van der Waals surface area (Å²) in [5.41, 5.74) is 7.57. The maximum atomic E-state index is 9.25. The van der Waals surface area contributed by atoms with Crippen LogP contribution in [0.2, 0.25) is 0 Å². The van der Waals surface area contributed by atoms with Crippen molar-refractivity contribution < 1.29 is 0 Å². The molecule has 88 valence electrons. The predicted octanol–water partition coefficient (Wildman–Crippen LogP) is 4.04. The molecule has 2 N–H and O–H groups in total. The topological polar surface area (TPSA) is 49.8 Å². The van der Waals surface area contributed by atoms with Crippen LogP contribution in [-0.2, 0) is 0 Å². The Hall–Kier alpha value is -2.79. The second kappa shape index (κ2) is 3.37. The van der Waals surface area contributed by atoms with E-state index in [-0.39, 0.29) is 0 Å². The number of benzene rings is 4. The Morgan fingerprint density at radius 2 is 1.32 bits per heavy atom. The zero-order valence-corrected chi connectivity index (χ0v) is 10.1. The SMILES string of the molecule is N#Cc1ccc2ccc3ccc(N)c4ccc1c2c34. The fraction of sp³-hybridized carbons (Fsp3) is 0. The second-order valence-electron chi connectivity index (χ2n) is 4.80. The summed E-state index contributed by atoms with van der Waals surface area (Å²) in [5, 5.41) is 15.9. The highest BCUT2D eigenvalue weighted by Gasteiger charge is 2.11. The van der Waals surface area contributed by atoms with E-state index >= 15 is 0 Å². The molecule has 0 atom stereocenters. The maximum Gasteiger partial charge on any atom is 0.0998 e. The summed E-state index contributed by atoms with van der Waals surface area (Å²) in [7, 11) is 0. The average Bonchev–Trinajstić information content (AvgIpc) is 2.46. The first-order valence-electron chi connectivity index (χ1n) is 6.16. The van der Waals surface area contributed by atoms with Crippen molar-refractivity contribution in [1.29, 1.82) is 5.26 Å². The highest BCUT2D eigenvalue weighted by molar-refractivity contribution is 6.25. The molecule has 4 rings (SSSR count). The predicted molar refractivity (Wildman–Crippen MR) is 79.3 cm³/mol. The number of anilines is 1. The van der Waals surface area contributed by atoms with Crippen LogP contribution in [0.5, 0.6) is 0 Å². The van der Waals surface area contributed by atoms with E-state index in [2.05, 4.69) is 18.2 Å². The number of hydrogen-bond donors (Lipinski definition) is 1. The molecule has 0 radical (unpaired) electrons. The molecule has 0 amide bonds. The van der Waals surface area contributed by atoms with Crippen molar-refractivity contribution >= 4 is 38.0 Å². The summed E-state index contributed by atoms with van der Waals surface area (Å²) in [5.74, 6) is 0. The van der Waals surface area contributed by atoms with Crippen molar-refractivity contribution in [2.45, 2.75) is 0 Å². The van der Waals surface area contributed by atoms with E-state index in [9.17, 15) is 5.26 Å². The molecular formula is C17H10N2. The van der Waals surface area contributed by atoms with Crippen LogP contribution in [0.4, 0.5) is 5.69 Å². The lowest BCUT2D eigenvalue weighted by molar-refractivity contribution is 1.51. The van der Waals surface area contributed by atoms with E-state index in [1.165, 1.54) is 0 Å². The highest BCUT2D eigenvalue weighted by Crippen LogP contribution is 2.37. The Kier molecular flexibility index (Phi) is 1.80. The van der Waals surface area contributed by atoms with Crippen molar-refractivity contribution in [2.24, 2.45) is 0 Å². The number of nitrogen functional groups attached to an aromatic ring is 1. The third-order valence-corrected chi connectivity index (χ3v) is 3.82. The normalized spacial score (nSPS) is 11.3. The molecule has 4 aromatic rings. The fourth-order valence-corrected chi connectivity index (χ4v) is 2.92. The van der Waals surface area contributed by atoms with Gasteiger partial charge in [-0.05, 0) is 33.7 Å². The first kappa shape index (κ1) is 10.2. The first-order chi connectivity index (χ1) is 9.29. The minimum atomic E-state index is 0.712. The summed E-state index contributed by atoms with van der Waals surface area (Å²) in [6, 6.07) is 18.3. The van der Waals surface area contributed by atoms with Crippen LogP contribution in [-0.4, -0.2) is 0 Å². The van der Waals surface area contributed by atoms with Gasteiger partial charge in [-0.1, -0.05) is 36.4 Å². The minimum Gasteiger partial charge on any atom is -0.398 e. The molecule has 0 saturated carbocycles. The smallest absolute Gasteiger partial charge is 0.0998 e. The Labute approximate surface area is 110 Å². The van der Waals surface area contributed by atoms with Gasteiger partial charge in [0.1, 0.15) is 0 Å². The van der Waals surface area contributed by atoms with E-state index in [1.54, 1.807) is 0 Å². The molecule has 2 heteroatoms. The van der Waals surface area contributed by atoms with Crippen molar-refractivity contribution in [2.75, 3.05) is 5.73 Å². The highest BCUT2D eigenvalue weighted by atomic mass is 14.5. The van der Waals surface area contributed by atoms with Gasteiger partial charge in [-0.25, -0.2) is 0 Å². The molecule has 0 unspecified atom stereocenters. The van der Waals surface area contributed by atoms with Crippen molar-refractivity contribution in [3.63, 3.8) is 0 Å². The van der Waals surface area contributed by atoms with Crippen LogP contribution in [0.15, 0.2) is 48.5 Å². The van der Waals surface area contributed by atoms with E-state index in [4.69, 9.17) is 5.73 Å². The van der Waals surface area contributed by atoms with E-state index in [0.717, 1.165) is 38.0 Å². The molecule has 4 aromatic carbocycles. The molecule has 0 aromatic heterocycles. The first-order valence-corrected chi connectivity index (χ1v) is 6.16. The summed E-state index contributed by atoms with van der Waals surface area (Å²) >= 11 is 0. The molecular weight excluding hydrogens is 232 g/mol. The third kappa shape index (κ3) is 1.19. The van der Waals surface area contributed by atoms with Gasteiger partial charge >= 0.3 is 0 Å². The molecule has 0 spiro atoms. The van der Waals surface area contributed by atoms with Crippen LogP contribution in [0.25, 0.3) is 32.3 Å². The molecule has 19 heavy (non-hydrogen) atoms. The number of nitriles is 1. The van der Waals surface area contributed by atoms with Gasteiger partial charge in [0.05, 0.1) is 11.6 Å². The second-order valence-corrected chi connectivity index (χ2v) is 4.80. The Bertz CT molecular complexity index is 977. The van der Waals surface area contributed by atoms with Gasteiger partial charge in [-0.2, -0.15) is 5.26 Å². The number of hydrogen-bond acceptors (Lipinski definition) is 2. The van der Waals surface area contributed by atoms with Crippen LogP contribution >= 0.6 is 0 Å². The summed E-state index contributed by atoms with van der Waals surface area (Å²) in [6.07, 6.45) is 0. The average molecular weight is 242 g/mol. The lowest BCUT2D eigenvalue weighted by atomic mass is 9.91. The number of nitrogens with zero attached hydrogens (tertiary/aromatic N) is 1. The quantitative estimate of drug-likeness (QED) is 0.373. The summed E-state index contributed by atoms with van der Waals surface area (Å²) in [4.78, 5) is 0. The van der Waals surface area contributed by atoms with Gasteiger partial charge in [0.15, 0.2) is 0 Å². The van der Waals surface area contributed by atoms with Gasteiger partial charge in [0.25, 0.3) is 0 Å². The molecule has 0 aliphatic heterocycles. The van der Waals surface area contributed by atoms with Gasteiger partial charge in [0, 0.05) is 16.5 Å². The summed E-state index contributed by atoms with van der Waals surface area (Å²) < 4.78 is 0. The minimum absolute atomic E-state index is 0.712. The van der Waals surface area contributed by atoms with Crippen molar-refractivity contribution in [3.8, 4) is 6.07 Å².